The number of nitrogens with two attached hydrogens (primary N) is 1. The van der Waals surface area contributed by atoms with Gasteiger partial charge in [0.25, 0.3) is 12.3 Å². The second-order valence-electron chi connectivity index (χ2n) is 8.05. The highest BCUT2D eigenvalue weighted by molar-refractivity contribution is 7.21. The van der Waals surface area contributed by atoms with Crippen LogP contribution in [0.3, 0.4) is 0 Å². The number of nitrogens with one attached hydrogen (secondary N) is 1. The van der Waals surface area contributed by atoms with Crippen molar-refractivity contribution in [1.82, 2.24) is 24.5 Å². The molecule has 0 fully saturated rings. The first-order chi connectivity index (χ1) is 18.0. The van der Waals surface area contributed by atoms with Crippen molar-refractivity contribution in [2.24, 2.45) is 5.73 Å². The predicted octanol–water partition coefficient (Wildman–Crippen LogP) is 3.67. The molecule has 16 heteroatoms. The van der Waals surface area contributed by atoms with Gasteiger partial charge in [0.05, 0.1) is 30.5 Å². The fraction of sp³-hybridized carbons (Fsp3) is 0.318. The van der Waals surface area contributed by atoms with Crippen LogP contribution in [0.5, 0.6) is 5.88 Å². The zero-order chi connectivity index (χ0) is 27.7. The summed E-state index contributed by atoms with van der Waals surface area (Å²) in [4.78, 5) is 39.7. The van der Waals surface area contributed by atoms with Gasteiger partial charge in [0.2, 0.25) is 5.91 Å². The van der Waals surface area contributed by atoms with Crippen LogP contribution in [0.2, 0.25) is 0 Å². The molecule has 4 aromatic heterocycles. The zero-order valence-electron chi connectivity index (χ0n) is 20.4. The molecule has 0 aliphatic carbocycles. The highest BCUT2D eigenvalue weighted by Crippen LogP contribution is 2.43. The minimum atomic E-state index is -2.88. The molecule has 200 valence electrons. The number of hydrogen-bond donors (Lipinski definition) is 2. The summed E-state index contributed by atoms with van der Waals surface area (Å²) in [6.45, 7) is 4.14. The summed E-state index contributed by atoms with van der Waals surface area (Å²) in [7, 11) is 1.23. The fourth-order valence-corrected chi connectivity index (χ4v) is 4.97. The lowest BCUT2D eigenvalue weighted by Gasteiger charge is -2.11. The van der Waals surface area contributed by atoms with E-state index in [0.717, 1.165) is 17.5 Å². The van der Waals surface area contributed by atoms with Crippen LogP contribution < -0.4 is 15.8 Å². The van der Waals surface area contributed by atoms with Gasteiger partial charge in [0.15, 0.2) is 0 Å². The summed E-state index contributed by atoms with van der Waals surface area (Å²) in [5.41, 5.74) is 6.28. The Kier molecular flexibility index (Phi) is 7.34. The Balaban J connectivity index is 1.75. The molecule has 0 aliphatic heterocycles. The number of primary amides is 1. The molecular weight excluding hydrogens is 526 g/mol. The van der Waals surface area contributed by atoms with E-state index in [2.05, 4.69) is 20.5 Å². The molecule has 0 radical (unpaired) electrons. The first kappa shape index (κ1) is 26.6. The summed E-state index contributed by atoms with van der Waals surface area (Å²) in [5.74, 6) is -1.65. The number of anilines is 1. The number of carbonyl (C=O) groups is 2. The van der Waals surface area contributed by atoms with Crippen molar-refractivity contribution in [3.63, 3.8) is 0 Å². The highest BCUT2D eigenvalue weighted by atomic mass is 32.1. The zero-order valence-corrected chi connectivity index (χ0v) is 21.2. The van der Waals surface area contributed by atoms with E-state index in [0.29, 0.717) is 23.4 Å². The number of nitrogens with zero attached hydrogens (tertiary/aromatic N) is 6. The number of nitro groups is 1. The number of thiophene rings is 1. The molecule has 0 aliphatic rings. The van der Waals surface area contributed by atoms with Crippen molar-refractivity contribution in [3.8, 4) is 17.0 Å². The van der Waals surface area contributed by atoms with Crippen LogP contribution in [0, 0.1) is 17.0 Å². The maximum Gasteiger partial charge on any atom is 0.350 e. The first-order valence-electron chi connectivity index (χ1n) is 11.2. The van der Waals surface area contributed by atoms with Gasteiger partial charge >= 0.3 is 11.6 Å². The number of halogens is 2. The van der Waals surface area contributed by atoms with Crippen molar-refractivity contribution < 1.29 is 28.0 Å². The van der Waals surface area contributed by atoms with E-state index in [1.165, 1.54) is 24.1 Å². The normalized spacial score (nSPS) is 11.3. The molecule has 4 rings (SSSR count). The van der Waals surface area contributed by atoms with Gasteiger partial charge in [-0.1, -0.05) is 0 Å². The maximum absolute atomic E-state index is 13.7. The molecule has 0 spiro atoms. The Bertz CT molecular complexity index is 1560. The summed E-state index contributed by atoms with van der Waals surface area (Å²) in [5, 5.41) is 22.3. The van der Waals surface area contributed by atoms with Gasteiger partial charge in [-0.05, 0) is 25.5 Å². The molecule has 0 saturated carbocycles. The van der Waals surface area contributed by atoms with Crippen LogP contribution in [0.1, 0.15) is 40.8 Å². The largest absolute Gasteiger partial charge is 0.475 e. The van der Waals surface area contributed by atoms with Gasteiger partial charge in [-0.3, -0.25) is 29.1 Å². The number of methoxy groups -OCH3 is 1. The van der Waals surface area contributed by atoms with Crippen molar-refractivity contribution in [2.75, 3.05) is 12.4 Å². The Morgan fingerprint density at radius 2 is 2.08 bits per heavy atom. The van der Waals surface area contributed by atoms with E-state index in [4.69, 9.17) is 10.5 Å². The number of amides is 2. The number of alkyl halides is 2. The SMILES string of the molecule is CCn1ncc(-c2cc(C(F)F)nc3sc(C(N)=O)c(NC(=O)CCn4cc([N+](=O)[O-])c(OC)n4)c23)c1C. The standard InChI is InChI=1S/C22H22F2N8O5S/c1-4-31-10(2)12(8-26-31)11-7-13(19(23)24)27-22-16(11)17(18(38-22)20(25)34)28-15(33)5-6-30-9-14(32(35)36)21(29-30)37-3/h7-9,19H,4-6H2,1-3H3,(H2,25,34)(H,28,33). The van der Waals surface area contributed by atoms with Gasteiger partial charge in [0, 0.05) is 29.6 Å². The number of pyridine rings is 1. The van der Waals surface area contributed by atoms with Crippen LogP contribution in [0.25, 0.3) is 21.3 Å². The molecule has 0 unspecified atom stereocenters. The molecule has 38 heavy (non-hydrogen) atoms. The monoisotopic (exact) mass is 548 g/mol. The Morgan fingerprint density at radius 3 is 2.63 bits per heavy atom. The number of aryl methyl sites for hydroxylation is 2. The van der Waals surface area contributed by atoms with E-state index < -0.39 is 28.9 Å². The third-order valence-electron chi connectivity index (χ3n) is 5.75. The molecule has 3 N–H and O–H groups in total. The maximum atomic E-state index is 13.7. The minimum absolute atomic E-state index is 0.0403. The molecule has 2 amide bonds. The van der Waals surface area contributed by atoms with Crippen molar-refractivity contribution in [2.45, 2.75) is 39.8 Å². The average Bonchev–Trinajstić information content (AvgIpc) is 3.57. The highest BCUT2D eigenvalue weighted by Gasteiger charge is 2.26. The molecule has 0 aromatic carbocycles. The lowest BCUT2D eigenvalue weighted by molar-refractivity contribution is -0.385. The first-order valence-corrected chi connectivity index (χ1v) is 12.0. The van der Waals surface area contributed by atoms with E-state index in [1.54, 1.807) is 11.6 Å². The lowest BCUT2D eigenvalue weighted by Crippen LogP contribution is -2.18. The van der Waals surface area contributed by atoms with Crippen LogP contribution in [-0.4, -0.2) is 48.4 Å². The summed E-state index contributed by atoms with van der Waals surface area (Å²) < 4.78 is 35.2. The van der Waals surface area contributed by atoms with Crippen molar-refractivity contribution in [3.05, 3.63) is 44.8 Å². The van der Waals surface area contributed by atoms with Gasteiger partial charge in [-0.25, -0.2) is 13.8 Å². The molecule has 0 bridgehead atoms. The molecule has 4 heterocycles. The average molecular weight is 549 g/mol. The van der Waals surface area contributed by atoms with Gasteiger partial charge in [-0.2, -0.15) is 5.10 Å². The molecule has 4 aromatic rings. The topological polar surface area (TPSA) is 173 Å². The van der Waals surface area contributed by atoms with Crippen LogP contribution >= 0.6 is 11.3 Å². The summed E-state index contributed by atoms with van der Waals surface area (Å²) in [6.07, 6.45) is -0.425. The summed E-state index contributed by atoms with van der Waals surface area (Å²) >= 11 is 0.789. The third kappa shape index (κ3) is 4.89. The lowest BCUT2D eigenvalue weighted by atomic mass is 10.0. The van der Waals surface area contributed by atoms with Crippen LogP contribution in [-0.2, 0) is 17.9 Å². The van der Waals surface area contributed by atoms with Crippen molar-refractivity contribution in [1.29, 1.82) is 0 Å². The number of aromatic nitrogens is 5. The quantitative estimate of drug-likeness (QED) is 0.223. The molecule has 13 nitrogen and oxygen atoms in total. The molecule has 0 atom stereocenters. The molecule has 0 saturated heterocycles. The minimum Gasteiger partial charge on any atom is -0.475 e. The second kappa shape index (κ2) is 10.5. The van der Waals surface area contributed by atoms with Gasteiger partial charge < -0.3 is 15.8 Å². The number of ether oxygens (including phenoxy) is 1. The number of rotatable bonds is 10. The van der Waals surface area contributed by atoms with Crippen LogP contribution in [0.15, 0.2) is 18.5 Å². The smallest absolute Gasteiger partial charge is 0.350 e. The Hall–Kier alpha value is -4.47. The second-order valence-corrected chi connectivity index (χ2v) is 9.05. The predicted molar refractivity (Wildman–Crippen MR) is 133 cm³/mol. The van der Waals surface area contributed by atoms with E-state index in [9.17, 15) is 28.5 Å². The Morgan fingerprint density at radius 1 is 1.34 bits per heavy atom. The van der Waals surface area contributed by atoms with Gasteiger partial charge in [-0.15, -0.1) is 16.4 Å². The van der Waals surface area contributed by atoms with E-state index in [1.807, 2.05) is 6.92 Å². The van der Waals surface area contributed by atoms with Crippen LogP contribution in [0.4, 0.5) is 20.2 Å². The fourth-order valence-electron chi connectivity index (χ4n) is 3.96. The number of carbonyl (C=O) groups excluding carboxylic acids is 2. The van der Waals surface area contributed by atoms with E-state index >= 15 is 0 Å². The summed E-state index contributed by atoms with van der Waals surface area (Å²) in [6, 6.07) is 1.21. The van der Waals surface area contributed by atoms with E-state index in [-0.39, 0.29) is 45.3 Å². The van der Waals surface area contributed by atoms with Crippen molar-refractivity contribution >= 4 is 44.7 Å². The molecular formula is C22H22F2N8O5S. The number of hydrogen-bond acceptors (Lipinski definition) is 9. The van der Waals surface area contributed by atoms with Gasteiger partial charge in [0.1, 0.15) is 21.6 Å². The number of fused-ring (bicyclic) bond motifs is 1. The third-order valence-corrected chi connectivity index (χ3v) is 6.85. The Labute approximate surface area is 217 Å².